The molecule has 3 heteroatoms. The lowest BCUT2D eigenvalue weighted by Crippen LogP contribution is -1.89. The van der Waals surface area contributed by atoms with Crippen molar-refractivity contribution >= 4 is 28.2 Å². The Morgan fingerprint density at radius 1 is 1.73 bits per heavy atom. The van der Waals surface area contributed by atoms with E-state index in [0.717, 1.165) is 22.1 Å². The molecule has 60 valence electrons. The summed E-state index contributed by atoms with van der Waals surface area (Å²) in [5.41, 5.74) is 0. The third-order valence-electron chi connectivity index (χ3n) is 1.16. The summed E-state index contributed by atoms with van der Waals surface area (Å²) < 4.78 is 5.99. The zero-order chi connectivity index (χ0) is 8.10. The van der Waals surface area contributed by atoms with Gasteiger partial charge in [-0.2, -0.15) is 0 Å². The van der Waals surface area contributed by atoms with Crippen LogP contribution in [0.4, 0.5) is 0 Å². The van der Waals surface area contributed by atoms with Gasteiger partial charge in [0.15, 0.2) is 5.76 Å². The molecule has 0 spiro atoms. The lowest BCUT2D eigenvalue weighted by molar-refractivity contribution is 0.561. The third kappa shape index (κ3) is 2.67. The summed E-state index contributed by atoms with van der Waals surface area (Å²) >= 11 is 6.78. The van der Waals surface area contributed by atoms with Crippen molar-refractivity contribution in [2.45, 2.75) is 13.3 Å². The lowest BCUT2D eigenvalue weighted by Gasteiger charge is -1.96. The Balaban J connectivity index is 2.43. The average molecular weight is 186 g/mol. The van der Waals surface area contributed by atoms with Gasteiger partial charge in [-0.15, -0.1) is 11.8 Å². The summed E-state index contributed by atoms with van der Waals surface area (Å²) in [6, 6.07) is 3.75. The molecule has 0 aliphatic rings. The zero-order valence-corrected chi connectivity index (χ0v) is 8.00. The molecule has 0 saturated carbocycles. The van der Waals surface area contributed by atoms with E-state index in [-0.39, 0.29) is 0 Å². The van der Waals surface area contributed by atoms with Crippen molar-refractivity contribution < 1.29 is 4.42 Å². The van der Waals surface area contributed by atoms with Crippen molar-refractivity contribution in [3.8, 4) is 0 Å². The molecule has 1 nitrogen and oxygen atoms in total. The van der Waals surface area contributed by atoms with Gasteiger partial charge in [-0.05, 0) is 24.3 Å². The van der Waals surface area contributed by atoms with Gasteiger partial charge < -0.3 is 4.42 Å². The van der Waals surface area contributed by atoms with Crippen LogP contribution in [0.25, 0.3) is 0 Å². The monoisotopic (exact) mass is 186 g/mol. The first kappa shape index (κ1) is 8.81. The van der Waals surface area contributed by atoms with Crippen LogP contribution < -0.4 is 0 Å². The van der Waals surface area contributed by atoms with Gasteiger partial charge in [-0.25, -0.2) is 0 Å². The zero-order valence-electron chi connectivity index (χ0n) is 6.37. The molecule has 0 aliphatic carbocycles. The van der Waals surface area contributed by atoms with Gasteiger partial charge in [0.05, 0.1) is 6.26 Å². The van der Waals surface area contributed by atoms with Crippen LogP contribution >= 0.6 is 24.0 Å². The highest BCUT2D eigenvalue weighted by Crippen LogP contribution is 2.14. The van der Waals surface area contributed by atoms with E-state index >= 15 is 0 Å². The summed E-state index contributed by atoms with van der Waals surface area (Å²) in [6.45, 7) is 2.14. The van der Waals surface area contributed by atoms with E-state index in [9.17, 15) is 0 Å². The van der Waals surface area contributed by atoms with Gasteiger partial charge in [0.1, 0.15) is 4.20 Å². The Morgan fingerprint density at radius 3 is 3.09 bits per heavy atom. The van der Waals surface area contributed by atoms with Crippen LogP contribution in [-0.2, 0) is 0 Å². The molecular weight excluding hydrogens is 176 g/mol. The largest absolute Gasteiger partial charge is 0.463 e. The molecule has 1 aromatic heterocycles. The Hall–Kier alpha value is -0.280. The number of hydrogen-bond acceptors (Lipinski definition) is 3. The maximum atomic E-state index is 5.13. The van der Waals surface area contributed by atoms with Crippen LogP contribution in [0.15, 0.2) is 22.8 Å². The fraction of sp³-hybridized carbons (Fsp3) is 0.375. The molecule has 0 unspecified atom stereocenters. The third-order valence-corrected chi connectivity index (χ3v) is 2.79. The highest BCUT2D eigenvalue weighted by molar-refractivity contribution is 8.23. The number of thioether (sulfide) groups is 1. The lowest BCUT2D eigenvalue weighted by atomic mass is 10.5. The normalized spacial score (nSPS) is 9.91. The van der Waals surface area contributed by atoms with Gasteiger partial charge in [0.2, 0.25) is 0 Å². The molecule has 1 heterocycles. The predicted octanol–water partition coefficient (Wildman–Crippen LogP) is 3.10. The molecule has 0 amide bonds. The number of furan rings is 1. The first-order valence-corrected chi connectivity index (χ1v) is 4.94. The summed E-state index contributed by atoms with van der Waals surface area (Å²) in [6.07, 6.45) is 2.79. The van der Waals surface area contributed by atoms with E-state index in [2.05, 4.69) is 6.92 Å². The van der Waals surface area contributed by atoms with E-state index in [1.165, 1.54) is 0 Å². The first-order valence-electron chi connectivity index (χ1n) is 3.55. The van der Waals surface area contributed by atoms with Crippen LogP contribution in [0.1, 0.15) is 19.1 Å². The van der Waals surface area contributed by atoms with Crippen molar-refractivity contribution in [3.05, 3.63) is 24.2 Å². The minimum Gasteiger partial charge on any atom is -0.463 e. The van der Waals surface area contributed by atoms with Crippen LogP contribution in [0.2, 0.25) is 0 Å². The fourth-order valence-electron chi connectivity index (χ4n) is 0.661. The second-order valence-electron chi connectivity index (χ2n) is 2.11. The average Bonchev–Trinajstić information content (AvgIpc) is 2.52. The molecule has 0 atom stereocenters. The minimum atomic E-state index is 0.818. The van der Waals surface area contributed by atoms with Crippen LogP contribution in [0.5, 0.6) is 0 Å². The standard InChI is InChI=1S/C8H10OS2/c1-2-6-11-8(10)7-4-3-5-9-7/h3-5H,2,6H2,1H3. The van der Waals surface area contributed by atoms with Crippen molar-refractivity contribution in [2.75, 3.05) is 5.75 Å². The summed E-state index contributed by atoms with van der Waals surface area (Å²) in [4.78, 5) is 0. The maximum Gasteiger partial charge on any atom is 0.151 e. The highest BCUT2D eigenvalue weighted by Gasteiger charge is 2.02. The molecule has 1 aromatic rings. The molecule has 0 bridgehead atoms. The smallest absolute Gasteiger partial charge is 0.151 e. The minimum absolute atomic E-state index is 0.818. The Labute approximate surface area is 76.2 Å². The van der Waals surface area contributed by atoms with Crippen molar-refractivity contribution in [3.63, 3.8) is 0 Å². The quantitative estimate of drug-likeness (QED) is 0.673. The summed E-state index contributed by atoms with van der Waals surface area (Å²) in [5, 5.41) is 0. The van der Waals surface area contributed by atoms with Gasteiger partial charge in [0.25, 0.3) is 0 Å². The number of thiocarbonyl (C=S) groups is 1. The molecule has 0 aromatic carbocycles. The van der Waals surface area contributed by atoms with Gasteiger partial charge in [-0.3, -0.25) is 0 Å². The van der Waals surface area contributed by atoms with Crippen molar-refractivity contribution in [1.82, 2.24) is 0 Å². The Kier molecular flexibility index (Phi) is 3.66. The van der Waals surface area contributed by atoms with Gasteiger partial charge in [0, 0.05) is 0 Å². The Morgan fingerprint density at radius 2 is 2.55 bits per heavy atom. The predicted molar refractivity (Wildman–Crippen MR) is 53.2 cm³/mol. The summed E-state index contributed by atoms with van der Waals surface area (Å²) in [7, 11) is 0. The van der Waals surface area contributed by atoms with Crippen molar-refractivity contribution in [2.24, 2.45) is 0 Å². The number of rotatable bonds is 3. The van der Waals surface area contributed by atoms with Crippen LogP contribution in [0, 0.1) is 0 Å². The fourth-order valence-corrected chi connectivity index (χ4v) is 1.67. The van der Waals surface area contributed by atoms with Crippen molar-refractivity contribution in [1.29, 1.82) is 0 Å². The molecule has 0 fully saturated rings. The van der Waals surface area contributed by atoms with Gasteiger partial charge >= 0.3 is 0 Å². The molecular formula is C8H10OS2. The molecule has 0 N–H and O–H groups in total. The highest BCUT2D eigenvalue weighted by atomic mass is 32.2. The van der Waals surface area contributed by atoms with E-state index in [1.807, 2.05) is 12.1 Å². The first-order chi connectivity index (χ1) is 5.34. The molecule has 0 aliphatic heterocycles. The van der Waals surface area contributed by atoms with Gasteiger partial charge in [-0.1, -0.05) is 19.1 Å². The second-order valence-corrected chi connectivity index (χ2v) is 3.89. The van der Waals surface area contributed by atoms with E-state index in [1.54, 1.807) is 18.0 Å². The molecule has 0 radical (unpaired) electrons. The van der Waals surface area contributed by atoms with E-state index in [4.69, 9.17) is 16.6 Å². The second kappa shape index (κ2) is 4.57. The Bertz CT molecular complexity index is 216. The van der Waals surface area contributed by atoms with E-state index < -0.39 is 0 Å². The van der Waals surface area contributed by atoms with Crippen LogP contribution in [0.3, 0.4) is 0 Å². The molecule has 1 rings (SSSR count). The molecule has 0 saturated heterocycles. The van der Waals surface area contributed by atoms with Crippen LogP contribution in [-0.4, -0.2) is 9.95 Å². The topological polar surface area (TPSA) is 13.1 Å². The number of hydrogen-bond donors (Lipinski definition) is 0. The summed E-state index contributed by atoms with van der Waals surface area (Å²) in [5.74, 6) is 1.89. The maximum absolute atomic E-state index is 5.13. The molecule has 11 heavy (non-hydrogen) atoms. The van der Waals surface area contributed by atoms with E-state index in [0.29, 0.717) is 0 Å². The SMILES string of the molecule is CCCSC(=S)c1ccco1.